The van der Waals surface area contributed by atoms with E-state index in [9.17, 15) is 13.2 Å². The van der Waals surface area contributed by atoms with Crippen molar-refractivity contribution in [1.82, 2.24) is 4.31 Å². The third-order valence-corrected chi connectivity index (χ3v) is 6.53. The summed E-state index contributed by atoms with van der Waals surface area (Å²) in [4.78, 5) is 11.7. The van der Waals surface area contributed by atoms with Crippen LogP contribution in [0, 0.1) is 5.92 Å². The van der Waals surface area contributed by atoms with E-state index in [4.69, 9.17) is 0 Å². The first-order chi connectivity index (χ1) is 10.5. The lowest BCUT2D eigenvalue weighted by Gasteiger charge is -2.31. The quantitative estimate of drug-likeness (QED) is 0.929. The Morgan fingerprint density at radius 2 is 2.14 bits per heavy atom. The molecule has 1 fully saturated rings. The fourth-order valence-corrected chi connectivity index (χ4v) is 4.85. The Balaban J connectivity index is 1.88. The minimum atomic E-state index is -3.43. The summed E-state index contributed by atoms with van der Waals surface area (Å²) in [5, 5.41) is 2.79. The van der Waals surface area contributed by atoms with Gasteiger partial charge in [-0.2, -0.15) is 4.31 Å². The molecule has 22 heavy (non-hydrogen) atoms. The van der Waals surface area contributed by atoms with Gasteiger partial charge in [0.15, 0.2) is 0 Å². The molecule has 1 unspecified atom stereocenters. The summed E-state index contributed by atoms with van der Waals surface area (Å²) in [6.07, 6.45) is 4.07. The molecule has 120 valence electrons. The van der Waals surface area contributed by atoms with Gasteiger partial charge >= 0.3 is 0 Å². The van der Waals surface area contributed by atoms with Crippen LogP contribution in [0.2, 0.25) is 0 Å². The van der Waals surface area contributed by atoms with Crippen molar-refractivity contribution in [3.63, 3.8) is 0 Å². The number of hydrogen-bond acceptors (Lipinski definition) is 3. The van der Waals surface area contributed by atoms with Crippen molar-refractivity contribution < 1.29 is 13.2 Å². The highest BCUT2D eigenvalue weighted by molar-refractivity contribution is 7.89. The maximum absolute atomic E-state index is 12.8. The van der Waals surface area contributed by atoms with Crippen molar-refractivity contribution in [2.75, 3.05) is 18.4 Å². The average Bonchev–Trinajstić information content (AvgIpc) is 2.54. The van der Waals surface area contributed by atoms with Gasteiger partial charge in [0.2, 0.25) is 15.9 Å². The fraction of sp³-hybridized carbons (Fsp3) is 0.562. The second-order valence-corrected chi connectivity index (χ2v) is 8.08. The zero-order valence-electron chi connectivity index (χ0n) is 12.8. The number of hydrogen-bond donors (Lipinski definition) is 1. The van der Waals surface area contributed by atoms with Crippen molar-refractivity contribution in [2.45, 2.75) is 43.9 Å². The molecule has 0 aliphatic carbocycles. The van der Waals surface area contributed by atoms with Crippen LogP contribution in [0.3, 0.4) is 0 Å². The zero-order valence-corrected chi connectivity index (χ0v) is 13.7. The average molecular weight is 322 g/mol. The topological polar surface area (TPSA) is 66.5 Å². The molecule has 0 spiro atoms. The fourth-order valence-electron chi connectivity index (χ4n) is 3.25. The molecule has 1 N–H and O–H groups in total. The van der Waals surface area contributed by atoms with E-state index in [1.807, 2.05) is 0 Å². The lowest BCUT2D eigenvalue weighted by molar-refractivity contribution is -0.116. The van der Waals surface area contributed by atoms with Gasteiger partial charge in [-0.05, 0) is 48.9 Å². The van der Waals surface area contributed by atoms with Gasteiger partial charge < -0.3 is 5.32 Å². The van der Waals surface area contributed by atoms with Crippen LogP contribution < -0.4 is 5.32 Å². The molecular formula is C16H22N2O3S. The highest BCUT2D eigenvalue weighted by atomic mass is 32.2. The Morgan fingerprint density at radius 3 is 2.91 bits per heavy atom. The molecule has 0 aromatic heterocycles. The molecule has 6 heteroatoms. The van der Waals surface area contributed by atoms with Gasteiger partial charge in [-0.25, -0.2) is 8.42 Å². The Morgan fingerprint density at radius 1 is 1.32 bits per heavy atom. The van der Waals surface area contributed by atoms with E-state index >= 15 is 0 Å². The summed E-state index contributed by atoms with van der Waals surface area (Å²) in [6.45, 7) is 3.33. The molecule has 1 aromatic carbocycles. The van der Waals surface area contributed by atoms with Crippen LogP contribution in [0.4, 0.5) is 5.69 Å². The number of nitrogens with one attached hydrogen (secondary N) is 1. The van der Waals surface area contributed by atoms with Gasteiger partial charge in [0, 0.05) is 25.2 Å². The standard InChI is InChI=1S/C16H22N2O3S/c1-2-12-4-3-9-18(11-12)22(20,21)14-6-7-15-13(10-14)5-8-16(19)17-15/h6-7,10,12H,2-5,8-9,11H2,1H3,(H,17,19). The van der Waals surface area contributed by atoms with Crippen LogP contribution in [-0.4, -0.2) is 31.7 Å². The number of sulfonamides is 1. The smallest absolute Gasteiger partial charge is 0.243 e. The van der Waals surface area contributed by atoms with Crippen LogP contribution in [-0.2, 0) is 21.2 Å². The third kappa shape index (κ3) is 2.90. The van der Waals surface area contributed by atoms with E-state index < -0.39 is 10.0 Å². The maximum Gasteiger partial charge on any atom is 0.243 e. The number of carbonyl (C=O) groups is 1. The zero-order chi connectivity index (χ0) is 15.7. The Labute approximate surface area is 131 Å². The number of benzene rings is 1. The highest BCUT2D eigenvalue weighted by Crippen LogP contribution is 2.29. The Bertz CT molecular complexity index is 685. The first-order valence-corrected chi connectivity index (χ1v) is 9.37. The molecule has 2 heterocycles. The van der Waals surface area contributed by atoms with E-state index in [0.717, 1.165) is 30.5 Å². The van der Waals surface area contributed by atoms with Gasteiger partial charge in [0.1, 0.15) is 0 Å². The van der Waals surface area contributed by atoms with E-state index in [1.165, 1.54) is 0 Å². The molecule has 0 bridgehead atoms. The van der Waals surface area contributed by atoms with Crippen LogP contribution >= 0.6 is 0 Å². The van der Waals surface area contributed by atoms with Crippen molar-refractivity contribution >= 4 is 21.6 Å². The summed E-state index contributed by atoms with van der Waals surface area (Å²) in [5.41, 5.74) is 1.64. The van der Waals surface area contributed by atoms with Gasteiger partial charge in [-0.1, -0.05) is 13.3 Å². The Kier molecular flexibility index (Phi) is 4.23. The number of anilines is 1. The van der Waals surface area contributed by atoms with Crippen molar-refractivity contribution in [3.8, 4) is 0 Å². The summed E-state index contributed by atoms with van der Waals surface area (Å²) in [5.74, 6) is 0.449. The van der Waals surface area contributed by atoms with Gasteiger partial charge in [0.05, 0.1) is 4.90 Å². The molecule has 0 saturated carbocycles. The number of nitrogens with zero attached hydrogens (tertiary/aromatic N) is 1. The van der Waals surface area contributed by atoms with E-state index in [0.29, 0.717) is 36.7 Å². The summed E-state index contributed by atoms with van der Waals surface area (Å²) < 4.78 is 27.3. The number of amides is 1. The van der Waals surface area contributed by atoms with Crippen LogP contribution in [0.15, 0.2) is 23.1 Å². The number of carbonyl (C=O) groups excluding carboxylic acids is 1. The van der Waals surface area contributed by atoms with Gasteiger partial charge in [-0.3, -0.25) is 4.79 Å². The van der Waals surface area contributed by atoms with Crippen molar-refractivity contribution in [3.05, 3.63) is 23.8 Å². The summed E-state index contributed by atoms with van der Waals surface area (Å²) in [6, 6.07) is 5.04. The first kappa shape index (κ1) is 15.5. The van der Waals surface area contributed by atoms with Crippen molar-refractivity contribution in [1.29, 1.82) is 0 Å². The number of rotatable bonds is 3. The molecule has 2 aliphatic rings. The SMILES string of the molecule is CCC1CCCN(S(=O)(=O)c2ccc3c(c2)CCC(=O)N3)C1. The lowest BCUT2D eigenvalue weighted by atomic mass is 9.97. The molecule has 1 amide bonds. The van der Waals surface area contributed by atoms with E-state index in [1.54, 1.807) is 22.5 Å². The maximum atomic E-state index is 12.8. The van der Waals surface area contributed by atoms with Crippen LogP contribution in [0.5, 0.6) is 0 Å². The largest absolute Gasteiger partial charge is 0.326 e. The molecular weight excluding hydrogens is 300 g/mol. The molecule has 0 radical (unpaired) electrons. The third-order valence-electron chi connectivity index (χ3n) is 4.67. The minimum Gasteiger partial charge on any atom is -0.326 e. The molecule has 5 nitrogen and oxygen atoms in total. The van der Waals surface area contributed by atoms with Crippen molar-refractivity contribution in [2.24, 2.45) is 5.92 Å². The Hall–Kier alpha value is -1.40. The minimum absolute atomic E-state index is 0.00933. The second-order valence-electron chi connectivity index (χ2n) is 6.15. The normalized spacial score (nSPS) is 23.0. The number of aryl methyl sites for hydroxylation is 1. The van der Waals surface area contributed by atoms with Gasteiger partial charge in [0.25, 0.3) is 0 Å². The summed E-state index contributed by atoms with van der Waals surface area (Å²) in [7, 11) is -3.43. The van der Waals surface area contributed by atoms with E-state index in [-0.39, 0.29) is 5.91 Å². The predicted molar refractivity (Wildman–Crippen MR) is 85.2 cm³/mol. The molecule has 2 aliphatic heterocycles. The molecule has 1 aromatic rings. The second kappa shape index (κ2) is 6.01. The van der Waals surface area contributed by atoms with E-state index in [2.05, 4.69) is 12.2 Å². The molecule has 1 saturated heterocycles. The molecule has 1 atom stereocenters. The predicted octanol–water partition coefficient (Wildman–Crippen LogP) is 2.38. The monoisotopic (exact) mass is 322 g/mol. The number of piperidine rings is 1. The first-order valence-electron chi connectivity index (χ1n) is 7.93. The highest BCUT2D eigenvalue weighted by Gasteiger charge is 2.30. The molecule has 3 rings (SSSR count). The lowest BCUT2D eigenvalue weighted by Crippen LogP contribution is -2.39. The van der Waals surface area contributed by atoms with Gasteiger partial charge in [-0.15, -0.1) is 0 Å². The van der Waals surface area contributed by atoms with Crippen LogP contribution in [0.1, 0.15) is 38.2 Å². The number of fused-ring (bicyclic) bond motifs is 1. The van der Waals surface area contributed by atoms with Crippen LogP contribution in [0.25, 0.3) is 0 Å². The summed E-state index contributed by atoms with van der Waals surface area (Å²) >= 11 is 0.